The Balaban J connectivity index is 5.09. The summed E-state index contributed by atoms with van der Waals surface area (Å²) in [5.41, 5.74) is 5.61. The fourth-order valence-electron chi connectivity index (χ4n) is 1.91. The number of hydrogen-bond acceptors (Lipinski definition) is 3. The van der Waals surface area contributed by atoms with E-state index in [1.165, 1.54) is 0 Å². The van der Waals surface area contributed by atoms with Gasteiger partial charge in [0, 0.05) is 13.1 Å². The highest BCUT2D eigenvalue weighted by atomic mass is 32.2. The molecule has 0 aromatic heterocycles. The quantitative estimate of drug-likeness (QED) is 0.628. The minimum atomic E-state index is -3.44. The molecule has 1 atom stereocenters. The number of hydrogen-bond donors (Lipinski definition) is 1. The summed E-state index contributed by atoms with van der Waals surface area (Å²) in [5, 5.41) is -0.739. The molecule has 4 nitrogen and oxygen atoms in total. The van der Waals surface area contributed by atoms with E-state index >= 15 is 0 Å². The van der Waals surface area contributed by atoms with Gasteiger partial charge < -0.3 is 5.73 Å². The fourth-order valence-corrected chi connectivity index (χ4v) is 4.24. The Labute approximate surface area is 130 Å². The molecule has 0 rings (SSSR count). The first-order valence-corrected chi connectivity index (χ1v) is 9.32. The predicted molar refractivity (Wildman–Crippen MR) is 90.3 cm³/mol. The summed E-state index contributed by atoms with van der Waals surface area (Å²) in [6, 6.07) is 0. The molecule has 6 heteroatoms. The summed E-state index contributed by atoms with van der Waals surface area (Å²) in [6.45, 7) is 11.3. The molecule has 0 fully saturated rings. The van der Waals surface area contributed by atoms with Gasteiger partial charge in [-0.1, -0.05) is 46.8 Å². The molecule has 20 heavy (non-hydrogen) atoms. The van der Waals surface area contributed by atoms with Crippen molar-refractivity contribution in [1.82, 2.24) is 4.31 Å². The van der Waals surface area contributed by atoms with Crippen LogP contribution in [0.3, 0.4) is 0 Å². The van der Waals surface area contributed by atoms with E-state index in [9.17, 15) is 8.42 Å². The minimum Gasteiger partial charge on any atom is -0.392 e. The van der Waals surface area contributed by atoms with Crippen LogP contribution in [0.1, 0.15) is 53.9 Å². The molecule has 0 aromatic carbocycles. The van der Waals surface area contributed by atoms with Crippen molar-refractivity contribution < 1.29 is 8.42 Å². The molecular weight excluding hydrogens is 292 g/mol. The van der Waals surface area contributed by atoms with Crippen LogP contribution in [-0.2, 0) is 10.0 Å². The third kappa shape index (κ3) is 6.50. The van der Waals surface area contributed by atoms with Gasteiger partial charge in [0.25, 0.3) is 0 Å². The number of thiocarbonyl (C=S) groups is 1. The zero-order valence-corrected chi connectivity index (χ0v) is 15.1. The summed E-state index contributed by atoms with van der Waals surface area (Å²) < 4.78 is 27.0. The second-order valence-electron chi connectivity index (χ2n) is 6.11. The van der Waals surface area contributed by atoms with Crippen LogP contribution in [-0.4, -0.2) is 36.1 Å². The smallest absolute Gasteiger partial charge is 0.223 e. The number of sulfonamides is 1. The standard InChI is InChI=1S/C14H30N2O2S2/c1-6-13(14(15)19)20(17,18)16(9-7-11(2)3)10-8-12(4)5/h11-13H,6-10H2,1-5H3,(H2,15,19). The van der Waals surface area contributed by atoms with Gasteiger partial charge in [0.05, 0.1) is 4.99 Å². The molecular formula is C14H30N2O2S2. The Hall–Kier alpha value is -0.200. The van der Waals surface area contributed by atoms with Crippen LogP contribution in [0.2, 0.25) is 0 Å². The van der Waals surface area contributed by atoms with Crippen molar-refractivity contribution >= 4 is 27.2 Å². The van der Waals surface area contributed by atoms with E-state index in [1.807, 2.05) is 6.92 Å². The third-order valence-electron chi connectivity index (χ3n) is 3.32. The van der Waals surface area contributed by atoms with Gasteiger partial charge in [-0.15, -0.1) is 0 Å². The van der Waals surface area contributed by atoms with E-state index in [1.54, 1.807) is 4.31 Å². The highest BCUT2D eigenvalue weighted by molar-refractivity contribution is 7.92. The number of nitrogens with zero attached hydrogens (tertiary/aromatic N) is 1. The molecule has 0 aliphatic heterocycles. The van der Waals surface area contributed by atoms with Crippen LogP contribution in [0, 0.1) is 11.8 Å². The molecule has 0 radical (unpaired) electrons. The van der Waals surface area contributed by atoms with Crippen molar-refractivity contribution in [2.45, 2.75) is 59.1 Å². The summed E-state index contributed by atoms with van der Waals surface area (Å²) in [4.78, 5) is 0.0755. The van der Waals surface area contributed by atoms with Crippen molar-refractivity contribution in [3.63, 3.8) is 0 Å². The number of nitrogens with two attached hydrogens (primary N) is 1. The van der Waals surface area contributed by atoms with Crippen LogP contribution < -0.4 is 5.73 Å². The third-order valence-corrected chi connectivity index (χ3v) is 6.14. The monoisotopic (exact) mass is 322 g/mol. The van der Waals surface area contributed by atoms with E-state index in [-0.39, 0.29) is 4.99 Å². The van der Waals surface area contributed by atoms with Crippen molar-refractivity contribution in [2.75, 3.05) is 13.1 Å². The lowest BCUT2D eigenvalue weighted by atomic mass is 10.1. The lowest BCUT2D eigenvalue weighted by Gasteiger charge is -2.27. The van der Waals surface area contributed by atoms with Crippen LogP contribution in [0.25, 0.3) is 0 Å². The molecule has 1 unspecified atom stereocenters. The first-order chi connectivity index (χ1) is 9.12. The molecule has 0 aromatic rings. The molecule has 2 N–H and O–H groups in total. The Morgan fingerprint density at radius 1 is 1.10 bits per heavy atom. The second kappa shape index (κ2) is 8.95. The van der Waals surface area contributed by atoms with Gasteiger partial charge in [-0.2, -0.15) is 0 Å². The predicted octanol–water partition coefficient (Wildman–Crippen LogP) is 2.78. The van der Waals surface area contributed by atoms with Gasteiger partial charge in [0.15, 0.2) is 0 Å². The normalized spacial score (nSPS) is 14.2. The molecule has 0 saturated carbocycles. The summed E-state index contributed by atoms with van der Waals surface area (Å²) in [5.74, 6) is 0.938. The minimum absolute atomic E-state index is 0.0755. The molecule has 0 heterocycles. The van der Waals surface area contributed by atoms with Crippen molar-refractivity contribution in [2.24, 2.45) is 17.6 Å². The van der Waals surface area contributed by atoms with Gasteiger partial charge in [0.1, 0.15) is 5.25 Å². The molecule has 0 aliphatic rings. The summed E-state index contributed by atoms with van der Waals surface area (Å²) >= 11 is 4.93. The Morgan fingerprint density at radius 2 is 1.50 bits per heavy atom. The zero-order valence-electron chi connectivity index (χ0n) is 13.4. The molecule has 120 valence electrons. The van der Waals surface area contributed by atoms with Gasteiger partial charge in [-0.3, -0.25) is 0 Å². The van der Waals surface area contributed by atoms with E-state index in [2.05, 4.69) is 27.7 Å². The molecule has 0 amide bonds. The lowest BCUT2D eigenvalue weighted by Crippen LogP contribution is -2.45. The van der Waals surface area contributed by atoms with Crippen LogP contribution in [0.4, 0.5) is 0 Å². The Bertz CT molecular complexity index is 380. The number of rotatable bonds is 10. The van der Waals surface area contributed by atoms with Gasteiger partial charge in [-0.05, 0) is 31.1 Å². The largest absolute Gasteiger partial charge is 0.392 e. The highest BCUT2D eigenvalue weighted by Crippen LogP contribution is 2.17. The molecule has 0 saturated heterocycles. The fraction of sp³-hybridized carbons (Fsp3) is 0.929. The first-order valence-electron chi connectivity index (χ1n) is 7.41. The maximum absolute atomic E-state index is 12.7. The van der Waals surface area contributed by atoms with E-state index in [4.69, 9.17) is 18.0 Å². The zero-order chi connectivity index (χ0) is 15.9. The average molecular weight is 323 g/mol. The topological polar surface area (TPSA) is 63.4 Å². The maximum Gasteiger partial charge on any atom is 0.223 e. The Kier molecular flexibility index (Phi) is 8.86. The highest BCUT2D eigenvalue weighted by Gasteiger charge is 2.32. The molecule has 0 bridgehead atoms. The maximum atomic E-state index is 12.7. The van der Waals surface area contributed by atoms with Crippen molar-refractivity contribution in [3.05, 3.63) is 0 Å². The van der Waals surface area contributed by atoms with Gasteiger partial charge >= 0.3 is 0 Å². The summed E-state index contributed by atoms with van der Waals surface area (Å²) in [7, 11) is -3.44. The lowest BCUT2D eigenvalue weighted by molar-refractivity contribution is 0.355. The van der Waals surface area contributed by atoms with Crippen LogP contribution in [0.15, 0.2) is 0 Å². The van der Waals surface area contributed by atoms with Gasteiger partial charge in [0.2, 0.25) is 10.0 Å². The van der Waals surface area contributed by atoms with Gasteiger partial charge in [-0.25, -0.2) is 12.7 Å². The van der Waals surface area contributed by atoms with Crippen LogP contribution >= 0.6 is 12.2 Å². The van der Waals surface area contributed by atoms with Crippen LogP contribution in [0.5, 0.6) is 0 Å². The van der Waals surface area contributed by atoms with E-state index < -0.39 is 15.3 Å². The summed E-state index contributed by atoms with van der Waals surface area (Å²) in [6.07, 6.45) is 2.13. The first kappa shape index (κ1) is 19.8. The second-order valence-corrected chi connectivity index (χ2v) is 8.70. The Morgan fingerprint density at radius 3 is 1.75 bits per heavy atom. The van der Waals surface area contributed by atoms with Crippen molar-refractivity contribution in [1.29, 1.82) is 0 Å². The van der Waals surface area contributed by atoms with E-state index in [0.717, 1.165) is 12.8 Å². The van der Waals surface area contributed by atoms with E-state index in [0.29, 0.717) is 31.3 Å². The SMILES string of the molecule is CCC(C(N)=S)S(=O)(=O)N(CCC(C)C)CCC(C)C. The molecule has 0 aliphatic carbocycles. The molecule has 0 spiro atoms. The van der Waals surface area contributed by atoms with Crippen molar-refractivity contribution in [3.8, 4) is 0 Å². The average Bonchev–Trinajstić information content (AvgIpc) is 2.27.